The molecule has 2 aromatic heterocycles. The lowest BCUT2D eigenvalue weighted by Crippen LogP contribution is -2.34. The lowest BCUT2D eigenvalue weighted by molar-refractivity contribution is 0.107. The lowest BCUT2D eigenvalue weighted by Gasteiger charge is -2.13. The number of hydrogen-bond acceptors (Lipinski definition) is 7. The number of aliphatic hydroxyl groups is 1. The van der Waals surface area contributed by atoms with Gasteiger partial charge in [-0.25, -0.2) is 15.0 Å². The Morgan fingerprint density at radius 2 is 2.00 bits per heavy atom. The van der Waals surface area contributed by atoms with E-state index in [0.717, 1.165) is 11.3 Å². The molecule has 0 bridgehead atoms. The minimum atomic E-state index is -0.566. The molecule has 1 aromatic carbocycles. The number of H-pyrrole nitrogens is 1. The second-order valence-corrected chi connectivity index (χ2v) is 5.23. The van der Waals surface area contributed by atoms with Crippen LogP contribution in [0.1, 0.15) is 0 Å². The highest BCUT2D eigenvalue weighted by molar-refractivity contribution is 5.81. The fourth-order valence-corrected chi connectivity index (χ4v) is 2.21. The fourth-order valence-electron chi connectivity index (χ4n) is 2.21. The lowest BCUT2D eigenvalue weighted by atomic mass is 10.3. The van der Waals surface area contributed by atoms with Crippen LogP contribution in [0.4, 0.5) is 5.82 Å². The second-order valence-electron chi connectivity index (χ2n) is 5.23. The van der Waals surface area contributed by atoms with Crippen LogP contribution in [0, 0.1) is 0 Å². The van der Waals surface area contributed by atoms with Crippen molar-refractivity contribution in [1.29, 1.82) is 0 Å². The maximum Gasteiger partial charge on any atom is 0.182 e. The second kappa shape index (κ2) is 8.23. The monoisotopic (exact) mass is 328 g/mol. The first-order valence-electron chi connectivity index (χ1n) is 7.77. The van der Waals surface area contributed by atoms with E-state index in [0.29, 0.717) is 31.1 Å². The van der Waals surface area contributed by atoms with Gasteiger partial charge in [-0.3, -0.25) is 0 Å². The minimum absolute atomic E-state index is 0.255. The van der Waals surface area contributed by atoms with E-state index in [1.54, 1.807) is 6.33 Å². The van der Waals surface area contributed by atoms with Crippen LogP contribution in [0.3, 0.4) is 0 Å². The number of aliphatic hydroxyl groups excluding tert-OH is 1. The van der Waals surface area contributed by atoms with Crippen molar-refractivity contribution in [3.63, 3.8) is 0 Å². The SMILES string of the molecule is OC(CNCCNc1ncnc2nc[nH]c12)COc1ccccc1. The van der Waals surface area contributed by atoms with Crippen LogP contribution in [0.5, 0.6) is 5.75 Å². The van der Waals surface area contributed by atoms with E-state index in [2.05, 4.69) is 30.6 Å². The van der Waals surface area contributed by atoms with Crippen molar-refractivity contribution >= 4 is 17.0 Å². The normalized spacial score (nSPS) is 12.2. The van der Waals surface area contributed by atoms with Crippen LogP contribution < -0.4 is 15.4 Å². The summed E-state index contributed by atoms with van der Waals surface area (Å²) in [5.74, 6) is 1.47. The standard InChI is InChI=1S/C16H20N6O2/c23-12(9-24-13-4-2-1-3-5-13)8-17-6-7-18-15-14-16(20-10-19-14)22-11-21-15/h1-5,10-12,17,23H,6-9H2,(H2,18,19,20,21,22). The number of nitrogens with zero attached hydrogens (tertiary/aromatic N) is 3. The molecular weight excluding hydrogens is 308 g/mol. The zero-order valence-electron chi connectivity index (χ0n) is 13.1. The Bertz CT molecular complexity index is 748. The number of nitrogens with one attached hydrogen (secondary N) is 3. The van der Waals surface area contributed by atoms with Gasteiger partial charge in [-0.05, 0) is 12.1 Å². The van der Waals surface area contributed by atoms with Crippen molar-refractivity contribution in [2.24, 2.45) is 0 Å². The first-order valence-corrected chi connectivity index (χ1v) is 7.77. The van der Waals surface area contributed by atoms with Gasteiger partial charge in [0.05, 0.1) is 6.33 Å². The third kappa shape index (κ3) is 4.40. The summed E-state index contributed by atoms with van der Waals surface area (Å²) in [6.45, 7) is 2.06. The average Bonchev–Trinajstić information content (AvgIpc) is 3.10. The molecule has 0 saturated carbocycles. The fraction of sp³-hybridized carbons (Fsp3) is 0.312. The molecule has 0 aliphatic heterocycles. The Hall–Kier alpha value is -2.71. The van der Waals surface area contributed by atoms with E-state index < -0.39 is 6.10 Å². The van der Waals surface area contributed by atoms with Crippen molar-refractivity contribution in [3.8, 4) is 5.75 Å². The molecule has 0 aliphatic rings. The Labute approximate surface area is 139 Å². The van der Waals surface area contributed by atoms with Crippen LogP contribution in [-0.2, 0) is 0 Å². The number of aromatic amines is 1. The van der Waals surface area contributed by atoms with Gasteiger partial charge >= 0.3 is 0 Å². The summed E-state index contributed by atoms with van der Waals surface area (Å²) in [4.78, 5) is 15.3. The van der Waals surface area contributed by atoms with E-state index in [1.165, 1.54) is 6.33 Å². The summed E-state index contributed by atoms with van der Waals surface area (Å²) in [5.41, 5.74) is 1.42. The molecule has 1 unspecified atom stereocenters. The molecule has 24 heavy (non-hydrogen) atoms. The molecular formula is C16H20N6O2. The molecule has 0 spiro atoms. The zero-order chi connectivity index (χ0) is 16.6. The highest BCUT2D eigenvalue weighted by Gasteiger charge is 2.06. The van der Waals surface area contributed by atoms with Gasteiger partial charge in [-0.2, -0.15) is 0 Å². The Balaban J connectivity index is 1.33. The Kier molecular flexibility index (Phi) is 5.54. The molecule has 1 atom stereocenters. The zero-order valence-corrected chi connectivity index (χ0v) is 13.1. The summed E-state index contributed by atoms with van der Waals surface area (Å²) in [5, 5.41) is 16.3. The molecule has 126 valence electrons. The van der Waals surface area contributed by atoms with Crippen LogP contribution in [0.25, 0.3) is 11.2 Å². The van der Waals surface area contributed by atoms with Crippen molar-refractivity contribution in [2.75, 3.05) is 31.6 Å². The van der Waals surface area contributed by atoms with Gasteiger partial charge in [0, 0.05) is 19.6 Å². The maximum atomic E-state index is 9.90. The molecule has 0 amide bonds. The molecule has 3 aromatic rings. The minimum Gasteiger partial charge on any atom is -0.491 e. The number of rotatable bonds is 9. The van der Waals surface area contributed by atoms with Crippen molar-refractivity contribution < 1.29 is 9.84 Å². The van der Waals surface area contributed by atoms with Crippen LogP contribution >= 0.6 is 0 Å². The number of imidazole rings is 1. The number of aromatic nitrogens is 4. The van der Waals surface area contributed by atoms with Gasteiger partial charge in [-0.1, -0.05) is 18.2 Å². The molecule has 0 radical (unpaired) electrons. The molecule has 0 fully saturated rings. The predicted molar refractivity (Wildman–Crippen MR) is 91.0 cm³/mol. The molecule has 3 rings (SSSR count). The van der Waals surface area contributed by atoms with E-state index >= 15 is 0 Å². The number of fused-ring (bicyclic) bond motifs is 1. The predicted octanol–water partition coefficient (Wildman–Crippen LogP) is 0.794. The van der Waals surface area contributed by atoms with E-state index in [1.807, 2.05) is 30.3 Å². The summed E-state index contributed by atoms with van der Waals surface area (Å²) < 4.78 is 5.50. The first-order chi connectivity index (χ1) is 11.8. The van der Waals surface area contributed by atoms with Crippen LogP contribution in [-0.4, -0.2) is 57.4 Å². The molecule has 0 saturated heterocycles. The van der Waals surface area contributed by atoms with Gasteiger partial charge in [0.25, 0.3) is 0 Å². The van der Waals surface area contributed by atoms with Crippen molar-refractivity contribution in [2.45, 2.75) is 6.10 Å². The highest BCUT2D eigenvalue weighted by Crippen LogP contribution is 2.13. The third-order valence-corrected chi connectivity index (χ3v) is 3.38. The smallest absolute Gasteiger partial charge is 0.182 e. The maximum absolute atomic E-state index is 9.90. The number of para-hydroxylation sites is 1. The summed E-state index contributed by atoms with van der Waals surface area (Å²) in [7, 11) is 0. The molecule has 8 nitrogen and oxygen atoms in total. The van der Waals surface area contributed by atoms with E-state index in [9.17, 15) is 5.11 Å². The van der Waals surface area contributed by atoms with Crippen LogP contribution in [0.15, 0.2) is 43.0 Å². The van der Waals surface area contributed by atoms with Crippen LogP contribution in [0.2, 0.25) is 0 Å². The molecule has 4 N–H and O–H groups in total. The largest absolute Gasteiger partial charge is 0.491 e. The van der Waals surface area contributed by atoms with Gasteiger partial charge in [0.2, 0.25) is 0 Å². The topological polar surface area (TPSA) is 108 Å². The van der Waals surface area contributed by atoms with Gasteiger partial charge in [0.1, 0.15) is 30.3 Å². The van der Waals surface area contributed by atoms with E-state index in [4.69, 9.17) is 4.74 Å². The van der Waals surface area contributed by atoms with Gasteiger partial charge in [0.15, 0.2) is 11.5 Å². The van der Waals surface area contributed by atoms with Crippen molar-refractivity contribution in [3.05, 3.63) is 43.0 Å². The third-order valence-electron chi connectivity index (χ3n) is 3.38. The van der Waals surface area contributed by atoms with E-state index in [-0.39, 0.29) is 6.61 Å². The number of anilines is 1. The summed E-state index contributed by atoms with van der Waals surface area (Å²) in [6, 6.07) is 9.45. The Morgan fingerprint density at radius 1 is 1.12 bits per heavy atom. The quantitative estimate of drug-likeness (QED) is 0.430. The van der Waals surface area contributed by atoms with Crippen molar-refractivity contribution in [1.82, 2.24) is 25.3 Å². The van der Waals surface area contributed by atoms with Gasteiger partial charge < -0.3 is 25.5 Å². The number of ether oxygens (including phenoxy) is 1. The Morgan fingerprint density at radius 3 is 2.88 bits per heavy atom. The number of benzene rings is 1. The first kappa shape index (κ1) is 16.2. The number of hydrogen-bond donors (Lipinski definition) is 4. The molecule has 0 aliphatic carbocycles. The average molecular weight is 328 g/mol. The molecule has 8 heteroatoms. The molecule has 2 heterocycles. The summed E-state index contributed by atoms with van der Waals surface area (Å²) >= 11 is 0. The summed E-state index contributed by atoms with van der Waals surface area (Å²) in [6.07, 6.45) is 2.50. The van der Waals surface area contributed by atoms with Gasteiger partial charge in [-0.15, -0.1) is 0 Å². The highest BCUT2D eigenvalue weighted by atomic mass is 16.5.